The quantitative estimate of drug-likeness (QED) is 0.260. The Morgan fingerprint density at radius 3 is 2.19 bits per heavy atom. The van der Waals surface area contributed by atoms with Gasteiger partial charge < -0.3 is 14.2 Å². The van der Waals surface area contributed by atoms with Gasteiger partial charge in [-0.05, 0) is 24.3 Å². The largest absolute Gasteiger partial charge is 0.493 e. The van der Waals surface area contributed by atoms with Gasteiger partial charge in [-0.3, -0.25) is 14.9 Å². The van der Waals surface area contributed by atoms with Crippen molar-refractivity contribution in [1.29, 1.82) is 0 Å². The van der Waals surface area contributed by atoms with E-state index in [1.165, 1.54) is 45.1 Å². The van der Waals surface area contributed by atoms with Crippen molar-refractivity contribution in [3.63, 3.8) is 0 Å². The van der Waals surface area contributed by atoms with Crippen LogP contribution in [0.15, 0.2) is 36.4 Å². The predicted octanol–water partition coefficient (Wildman–Crippen LogP) is 4.70. The van der Waals surface area contributed by atoms with Crippen molar-refractivity contribution in [3.05, 3.63) is 63.2 Å². The number of nitro groups is 1. The Morgan fingerprint density at radius 2 is 1.61 bits per heavy atom. The fraction of sp³-hybridized carbons (Fsp3) is 0.391. The van der Waals surface area contributed by atoms with Crippen LogP contribution in [0.1, 0.15) is 64.3 Å². The minimum Gasteiger partial charge on any atom is -0.493 e. The summed E-state index contributed by atoms with van der Waals surface area (Å²) >= 11 is 0. The van der Waals surface area contributed by atoms with E-state index in [4.69, 9.17) is 14.2 Å². The molecule has 0 bridgehead atoms. The molecule has 0 atom stereocenters. The summed E-state index contributed by atoms with van der Waals surface area (Å²) in [5, 5.41) is 11.4. The Balaban J connectivity index is 1.68. The maximum atomic E-state index is 12.5. The fourth-order valence-corrected chi connectivity index (χ4v) is 3.85. The van der Waals surface area contributed by atoms with Crippen LogP contribution in [-0.4, -0.2) is 37.5 Å². The number of carbonyl (C=O) groups excluding carboxylic acids is 2. The highest BCUT2D eigenvalue weighted by atomic mass is 16.6. The molecule has 2 aromatic rings. The summed E-state index contributed by atoms with van der Waals surface area (Å²) in [5.74, 6) is -0.586. The highest BCUT2D eigenvalue weighted by molar-refractivity contribution is 6.00. The third kappa shape index (κ3) is 5.20. The molecule has 0 heterocycles. The van der Waals surface area contributed by atoms with Gasteiger partial charge in [0.05, 0.1) is 25.2 Å². The Hall–Kier alpha value is -3.42. The van der Waals surface area contributed by atoms with Crippen molar-refractivity contribution < 1.29 is 28.7 Å². The van der Waals surface area contributed by atoms with Crippen LogP contribution in [0.4, 0.5) is 5.69 Å². The van der Waals surface area contributed by atoms with Crippen molar-refractivity contribution >= 4 is 17.4 Å². The van der Waals surface area contributed by atoms with Gasteiger partial charge in [-0.15, -0.1) is 0 Å². The standard InChI is InChI=1S/C23H25NO7/c1-29-21-12-18(19(24(27)28)13-22(21)30-2)23(26)31-14-20(25)17-10-8-16(9-11-17)15-6-4-3-5-7-15/h8-13,15H,3-7,14H2,1-2H3. The lowest BCUT2D eigenvalue weighted by Gasteiger charge is -2.22. The molecule has 0 spiro atoms. The lowest BCUT2D eigenvalue weighted by molar-refractivity contribution is -0.385. The Morgan fingerprint density at radius 1 is 1.00 bits per heavy atom. The zero-order valence-corrected chi connectivity index (χ0v) is 17.6. The van der Waals surface area contributed by atoms with E-state index in [0.29, 0.717) is 11.5 Å². The molecule has 0 aliphatic heterocycles. The number of nitro benzene ring substituents is 1. The normalized spacial score (nSPS) is 14.0. The molecule has 2 aromatic carbocycles. The van der Waals surface area contributed by atoms with E-state index in [1.54, 1.807) is 12.1 Å². The van der Waals surface area contributed by atoms with Gasteiger partial charge in [0.2, 0.25) is 0 Å². The summed E-state index contributed by atoms with van der Waals surface area (Å²) < 4.78 is 15.2. The number of rotatable bonds is 8. The molecule has 0 radical (unpaired) electrons. The van der Waals surface area contributed by atoms with Gasteiger partial charge in [-0.2, -0.15) is 0 Å². The second kappa shape index (κ2) is 10.1. The summed E-state index contributed by atoms with van der Waals surface area (Å²) in [6, 6.07) is 9.62. The summed E-state index contributed by atoms with van der Waals surface area (Å²) in [7, 11) is 2.68. The van der Waals surface area contributed by atoms with Crippen molar-refractivity contribution in [2.75, 3.05) is 20.8 Å². The number of Topliss-reactive ketones (excluding diaryl/α,β-unsaturated/α-hetero) is 1. The predicted molar refractivity (Wildman–Crippen MR) is 113 cm³/mol. The number of esters is 1. The minimum atomic E-state index is -0.986. The summed E-state index contributed by atoms with van der Waals surface area (Å²) in [6.07, 6.45) is 6.05. The topological polar surface area (TPSA) is 105 Å². The van der Waals surface area contributed by atoms with Crippen molar-refractivity contribution in [2.45, 2.75) is 38.0 Å². The summed E-state index contributed by atoms with van der Waals surface area (Å²) in [5.41, 5.74) is 0.832. The second-order valence-corrected chi connectivity index (χ2v) is 7.44. The first-order valence-corrected chi connectivity index (χ1v) is 10.1. The van der Waals surface area contributed by atoms with Crippen LogP contribution in [-0.2, 0) is 4.74 Å². The van der Waals surface area contributed by atoms with Gasteiger partial charge in [-0.25, -0.2) is 4.79 Å². The third-order valence-corrected chi connectivity index (χ3v) is 5.56. The number of hydrogen-bond donors (Lipinski definition) is 0. The van der Waals surface area contributed by atoms with E-state index in [-0.39, 0.29) is 22.8 Å². The van der Waals surface area contributed by atoms with E-state index < -0.39 is 23.2 Å². The van der Waals surface area contributed by atoms with Crippen LogP contribution in [0.3, 0.4) is 0 Å². The lowest BCUT2D eigenvalue weighted by atomic mass is 9.84. The van der Waals surface area contributed by atoms with Gasteiger partial charge in [0.1, 0.15) is 5.56 Å². The molecular formula is C23H25NO7. The Labute approximate surface area is 180 Å². The molecule has 31 heavy (non-hydrogen) atoms. The smallest absolute Gasteiger partial charge is 0.345 e. The lowest BCUT2D eigenvalue weighted by Crippen LogP contribution is -2.16. The molecule has 8 nitrogen and oxygen atoms in total. The molecule has 1 saturated carbocycles. The van der Waals surface area contributed by atoms with Crippen LogP contribution in [0.2, 0.25) is 0 Å². The van der Waals surface area contributed by atoms with Gasteiger partial charge in [-0.1, -0.05) is 43.5 Å². The van der Waals surface area contributed by atoms with Crippen LogP contribution in [0.25, 0.3) is 0 Å². The van der Waals surface area contributed by atoms with E-state index in [9.17, 15) is 19.7 Å². The Kier molecular flexibility index (Phi) is 7.23. The summed E-state index contributed by atoms with van der Waals surface area (Å²) in [4.78, 5) is 35.5. The summed E-state index contributed by atoms with van der Waals surface area (Å²) in [6.45, 7) is -0.521. The second-order valence-electron chi connectivity index (χ2n) is 7.44. The van der Waals surface area contributed by atoms with E-state index in [0.717, 1.165) is 18.9 Å². The number of ether oxygens (including phenoxy) is 3. The zero-order chi connectivity index (χ0) is 22.4. The monoisotopic (exact) mass is 427 g/mol. The molecule has 0 unspecified atom stereocenters. The van der Waals surface area contributed by atoms with Crippen molar-refractivity contribution in [3.8, 4) is 11.5 Å². The van der Waals surface area contributed by atoms with Crippen LogP contribution >= 0.6 is 0 Å². The average molecular weight is 427 g/mol. The third-order valence-electron chi connectivity index (χ3n) is 5.56. The highest BCUT2D eigenvalue weighted by Crippen LogP contribution is 2.35. The molecule has 0 amide bonds. The first-order chi connectivity index (χ1) is 14.9. The molecule has 0 aromatic heterocycles. The van der Waals surface area contributed by atoms with E-state index >= 15 is 0 Å². The van der Waals surface area contributed by atoms with E-state index in [1.807, 2.05) is 12.1 Å². The molecule has 164 valence electrons. The van der Waals surface area contributed by atoms with Crippen molar-refractivity contribution in [1.82, 2.24) is 0 Å². The molecule has 8 heteroatoms. The van der Waals surface area contributed by atoms with Gasteiger partial charge in [0, 0.05) is 11.6 Å². The number of benzene rings is 2. The molecule has 3 rings (SSSR count). The maximum absolute atomic E-state index is 12.5. The van der Waals surface area contributed by atoms with Crippen molar-refractivity contribution in [2.24, 2.45) is 0 Å². The fourth-order valence-electron chi connectivity index (χ4n) is 3.85. The van der Waals surface area contributed by atoms with Crippen LogP contribution < -0.4 is 9.47 Å². The molecule has 0 saturated heterocycles. The molecule has 1 aliphatic rings. The molecule has 1 aliphatic carbocycles. The molecular weight excluding hydrogens is 402 g/mol. The van der Waals surface area contributed by atoms with Crippen LogP contribution in [0.5, 0.6) is 11.5 Å². The first kappa shape index (κ1) is 22.3. The van der Waals surface area contributed by atoms with Gasteiger partial charge in [0.15, 0.2) is 23.9 Å². The number of methoxy groups -OCH3 is 2. The molecule has 1 fully saturated rings. The number of hydrogen-bond acceptors (Lipinski definition) is 7. The number of ketones is 1. The van der Waals surface area contributed by atoms with Crippen LogP contribution in [0, 0.1) is 10.1 Å². The number of nitrogens with zero attached hydrogens (tertiary/aromatic N) is 1. The maximum Gasteiger partial charge on any atom is 0.345 e. The first-order valence-electron chi connectivity index (χ1n) is 10.1. The Bertz CT molecular complexity index is 963. The highest BCUT2D eigenvalue weighted by Gasteiger charge is 2.26. The molecule has 0 N–H and O–H groups in total. The van der Waals surface area contributed by atoms with E-state index in [2.05, 4.69) is 0 Å². The SMILES string of the molecule is COc1cc(C(=O)OCC(=O)c2ccc(C3CCCCC3)cc2)c([N+](=O)[O-])cc1OC. The number of carbonyl (C=O) groups is 2. The van der Waals surface area contributed by atoms with Gasteiger partial charge in [0.25, 0.3) is 5.69 Å². The zero-order valence-electron chi connectivity index (χ0n) is 17.6. The minimum absolute atomic E-state index is 0.111. The average Bonchev–Trinajstić information content (AvgIpc) is 2.81. The van der Waals surface area contributed by atoms with Gasteiger partial charge >= 0.3 is 5.97 Å².